The summed E-state index contributed by atoms with van der Waals surface area (Å²) in [4.78, 5) is 9.02. The fourth-order valence-electron chi connectivity index (χ4n) is 2.78. The van der Waals surface area contributed by atoms with Gasteiger partial charge in [0.25, 0.3) is 0 Å². The molecule has 0 aliphatic carbocycles. The Labute approximate surface area is 137 Å². The molecule has 1 aliphatic heterocycles. The largest absolute Gasteiger partial charge is 0.377 e. The molecule has 0 aromatic heterocycles. The zero-order chi connectivity index (χ0) is 17.0. The van der Waals surface area contributed by atoms with Crippen molar-refractivity contribution in [3.05, 3.63) is 0 Å². The minimum absolute atomic E-state index is 0.125. The lowest BCUT2D eigenvalue weighted by molar-refractivity contribution is -0.0673. The maximum Gasteiger partial charge on any atom is 0.194 e. The highest BCUT2D eigenvalue weighted by atomic mass is 16.5. The summed E-state index contributed by atoms with van der Waals surface area (Å²) in [6.07, 6.45) is 1.25. The molecule has 5 nitrogen and oxygen atoms in total. The molecular weight excluding hydrogens is 276 g/mol. The van der Waals surface area contributed by atoms with Crippen LogP contribution in [-0.4, -0.2) is 74.8 Å². The summed E-state index contributed by atoms with van der Waals surface area (Å²) in [6, 6.07) is 0. The minimum Gasteiger partial charge on any atom is -0.377 e. The summed E-state index contributed by atoms with van der Waals surface area (Å²) in [5.41, 5.74) is 0.439. The molecule has 1 saturated heterocycles. The summed E-state index contributed by atoms with van der Waals surface area (Å²) in [5.74, 6) is 0.985. The Balaban J connectivity index is 2.56. The standard InChI is InChI=1S/C17H36N4O/c1-9-22-14(10-11-20(7)8)12-19-15(18-6)21-13-16(2,3)17(21,4)5/h14H,9-13H2,1-8H3,(H,18,19). The molecule has 1 N–H and O–H groups in total. The zero-order valence-corrected chi connectivity index (χ0v) is 15.9. The Hall–Kier alpha value is -0.810. The van der Waals surface area contributed by atoms with E-state index in [1.807, 2.05) is 7.05 Å². The molecular formula is C17H36N4O. The maximum absolute atomic E-state index is 5.85. The molecule has 0 amide bonds. The van der Waals surface area contributed by atoms with Crippen molar-refractivity contribution in [3.63, 3.8) is 0 Å². The molecule has 0 aromatic carbocycles. The number of hydrogen-bond acceptors (Lipinski definition) is 3. The van der Waals surface area contributed by atoms with E-state index in [4.69, 9.17) is 4.74 Å². The zero-order valence-electron chi connectivity index (χ0n) is 15.9. The van der Waals surface area contributed by atoms with Crippen molar-refractivity contribution < 1.29 is 4.74 Å². The van der Waals surface area contributed by atoms with Crippen LogP contribution in [0.25, 0.3) is 0 Å². The van der Waals surface area contributed by atoms with Crippen LogP contribution in [0.4, 0.5) is 0 Å². The molecule has 5 heteroatoms. The van der Waals surface area contributed by atoms with Crippen molar-refractivity contribution in [2.75, 3.05) is 47.4 Å². The molecule has 1 rings (SSSR count). The first-order valence-electron chi connectivity index (χ1n) is 8.40. The van der Waals surface area contributed by atoms with Gasteiger partial charge in [-0.25, -0.2) is 0 Å². The van der Waals surface area contributed by atoms with E-state index in [1.54, 1.807) is 0 Å². The van der Waals surface area contributed by atoms with Gasteiger partial charge in [0, 0.05) is 44.2 Å². The Bertz CT molecular complexity index is 377. The second-order valence-electron chi connectivity index (χ2n) is 7.63. The molecule has 0 radical (unpaired) electrons. The topological polar surface area (TPSA) is 40.1 Å². The van der Waals surface area contributed by atoms with Crippen molar-refractivity contribution in [1.82, 2.24) is 15.1 Å². The number of nitrogens with one attached hydrogen (secondary N) is 1. The molecule has 1 aliphatic rings. The van der Waals surface area contributed by atoms with Gasteiger partial charge in [0.1, 0.15) is 0 Å². The molecule has 0 saturated carbocycles. The van der Waals surface area contributed by atoms with Gasteiger partial charge in [-0.15, -0.1) is 0 Å². The number of aliphatic imine (C=N–C) groups is 1. The second kappa shape index (κ2) is 7.64. The molecule has 1 heterocycles. The summed E-state index contributed by atoms with van der Waals surface area (Å²) >= 11 is 0. The molecule has 1 fully saturated rings. The van der Waals surface area contributed by atoms with Gasteiger partial charge in [-0.3, -0.25) is 4.99 Å². The van der Waals surface area contributed by atoms with Gasteiger partial charge in [0.05, 0.1) is 6.10 Å². The third kappa shape index (κ3) is 4.35. The first kappa shape index (κ1) is 19.2. The predicted molar refractivity (Wildman–Crippen MR) is 94.5 cm³/mol. The Kier molecular flexibility index (Phi) is 6.68. The van der Waals surface area contributed by atoms with Gasteiger partial charge < -0.3 is 19.9 Å². The van der Waals surface area contributed by atoms with Crippen LogP contribution >= 0.6 is 0 Å². The van der Waals surface area contributed by atoms with Crippen LogP contribution in [0.1, 0.15) is 41.0 Å². The number of likely N-dealkylation sites (tertiary alicyclic amines) is 1. The Morgan fingerprint density at radius 3 is 2.36 bits per heavy atom. The van der Waals surface area contributed by atoms with E-state index in [-0.39, 0.29) is 11.6 Å². The number of nitrogens with zero attached hydrogens (tertiary/aromatic N) is 3. The maximum atomic E-state index is 5.85. The van der Waals surface area contributed by atoms with Crippen LogP contribution in [0.5, 0.6) is 0 Å². The minimum atomic E-state index is 0.125. The molecule has 1 unspecified atom stereocenters. The third-order valence-electron chi connectivity index (χ3n) is 5.14. The van der Waals surface area contributed by atoms with E-state index in [0.29, 0.717) is 5.41 Å². The van der Waals surface area contributed by atoms with Crippen LogP contribution in [0.15, 0.2) is 4.99 Å². The van der Waals surface area contributed by atoms with Crippen molar-refractivity contribution in [3.8, 4) is 0 Å². The molecule has 0 spiro atoms. The lowest BCUT2D eigenvalue weighted by atomic mass is 9.65. The first-order valence-corrected chi connectivity index (χ1v) is 8.40. The first-order chi connectivity index (χ1) is 10.2. The molecule has 1 atom stereocenters. The van der Waals surface area contributed by atoms with E-state index in [1.165, 1.54) is 0 Å². The van der Waals surface area contributed by atoms with E-state index in [9.17, 15) is 0 Å². The molecule has 0 bridgehead atoms. The Morgan fingerprint density at radius 1 is 1.32 bits per heavy atom. The highest BCUT2D eigenvalue weighted by Crippen LogP contribution is 2.46. The number of ether oxygens (including phenoxy) is 1. The van der Waals surface area contributed by atoms with Gasteiger partial charge in [-0.1, -0.05) is 13.8 Å². The van der Waals surface area contributed by atoms with Crippen LogP contribution < -0.4 is 5.32 Å². The summed E-state index contributed by atoms with van der Waals surface area (Å²) in [5, 5.41) is 3.51. The number of hydrogen-bond donors (Lipinski definition) is 1. The van der Waals surface area contributed by atoms with Crippen LogP contribution in [-0.2, 0) is 4.74 Å². The van der Waals surface area contributed by atoms with Crippen molar-refractivity contribution in [2.45, 2.75) is 52.7 Å². The predicted octanol–water partition coefficient (Wildman–Crippen LogP) is 2.04. The van der Waals surface area contributed by atoms with E-state index < -0.39 is 0 Å². The normalized spacial score (nSPS) is 21.7. The lowest BCUT2D eigenvalue weighted by Gasteiger charge is -2.62. The molecule has 0 aromatic rings. The fraction of sp³-hybridized carbons (Fsp3) is 0.941. The highest BCUT2D eigenvalue weighted by Gasteiger charge is 2.53. The summed E-state index contributed by atoms with van der Waals surface area (Å²) < 4.78 is 5.85. The quantitative estimate of drug-likeness (QED) is 0.577. The van der Waals surface area contributed by atoms with Gasteiger partial charge in [-0.05, 0) is 41.3 Å². The Morgan fingerprint density at radius 2 is 1.95 bits per heavy atom. The second-order valence-corrected chi connectivity index (χ2v) is 7.63. The van der Waals surface area contributed by atoms with E-state index in [2.05, 4.69) is 68.8 Å². The van der Waals surface area contributed by atoms with Crippen LogP contribution in [0.3, 0.4) is 0 Å². The summed E-state index contributed by atoms with van der Waals surface area (Å²) in [7, 11) is 6.05. The van der Waals surface area contributed by atoms with E-state index in [0.717, 1.165) is 38.6 Å². The SMILES string of the molecule is CCOC(CCN(C)C)CNC(=NC)N1CC(C)(C)C1(C)C. The number of rotatable bonds is 7. The van der Waals surface area contributed by atoms with Gasteiger partial charge in [-0.2, -0.15) is 0 Å². The van der Waals surface area contributed by atoms with Gasteiger partial charge in [0.2, 0.25) is 0 Å². The van der Waals surface area contributed by atoms with Gasteiger partial charge >= 0.3 is 0 Å². The van der Waals surface area contributed by atoms with Crippen molar-refractivity contribution in [2.24, 2.45) is 10.4 Å². The number of guanidine groups is 1. The smallest absolute Gasteiger partial charge is 0.194 e. The van der Waals surface area contributed by atoms with Crippen molar-refractivity contribution in [1.29, 1.82) is 0 Å². The lowest BCUT2D eigenvalue weighted by Crippen LogP contribution is -2.72. The highest BCUT2D eigenvalue weighted by molar-refractivity contribution is 5.82. The molecule has 130 valence electrons. The monoisotopic (exact) mass is 312 g/mol. The molecule has 22 heavy (non-hydrogen) atoms. The average molecular weight is 313 g/mol. The fourth-order valence-corrected chi connectivity index (χ4v) is 2.78. The van der Waals surface area contributed by atoms with Crippen molar-refractivity contribution >= 4 is 5.96 Å². The van der Waals surface area contributed by atoms with Crippen LogP contribution in [0.2, 0.25) is 0 Å². The van der Waals surface area contributed by atoms with Gasteiger partial charge in [0.15, 0.2) is 5.96 Å². The third-order valence-corrected chi connectivity index (χ3v) is 5.14. The van der Waals surface area contributed by atoms with E-state index >= 15 is 0 Å². The average Bonchev–Trinajstić information content (AvgIpc) is 2.43. The summed E-state index contributed by atoms with van der Waals surface area (Å²) in [6.45, 7) is 14.9. The van der Waals surface area contributed by atoms with Crippen LogP contribution in [0, 0.1) is 5.41 Å².